The molecule has 21 heavy (non-hydrogen) atoms. The molecule has 0 saturated carbocycles. The van der Waals surface area contributed by atoms with Gasteiger partial charge in [0, 0.05) is 32.2 Å². The molecule has 3 rings (SSSR count). The lowest BCUT2D eigenvalue weighted by atomic mass is 9.73. The summed E-state index contributed by atoms with van der Waals surface area (Å²) in [7, 11) is 1.72. The highest BCUT2D eigenvalue weighted by atomic mass is 16.5. The second-order valence-corrected chi connectivity index (χ2v) is 6.18. The molecule has 0 bridgehead atoms. The summed E-state index contributed by atoms with van der Waals surface area (Å²) < 4.78 is 16.8. The third-order valence-corrected chi connectivity index (χ3v) is 4.66. The number of hydrogen-bond donors (Lipinski definition) is 0. The van der Waals surface area contributed by atoms with Crippen LogP contribution in [-0.4, -0.2) is 50.3 Å². The van der Waals surface area contributed by atoms with Gasteiger partial charge in [0.2, 0.25) is 0 Å². The molecule has 116 valence electrons. The van der Waals surface area contributed by atoms with E-state index in [1.165, 1.54) is 0 Å². The molecule has 0 aliphatic carbocycles. The summed E-state index contributed by atoms with van der Waals surface area (Å²) in [5.74, 6) is 1.17. The number of nitrogens with zero attached hydrogens (tertiary/aromatic N) is 1. The van der Waals surface area contributed by atoms with Crippen molar-refractivity contribution in [1.29, 1.82) is 0 Å². The van der Waals surface area contributed by atoms with Crippen molar-refractivity contribution in [1.82, 2.24) is 4.90 Å². The van der Waals surface area contributed by atoms with Gasteiger partial charge in [0.25, 0.3) is 5.91 Å². The van der Waals surface area contributed by atoms with Crippen LogP contribution in [0.4, 0.5) is 0 Å². The maximum absolute atomic E-state index is 12.6. The molecule has 2 aliphatic rings. The van der Waals surface area contributed by atoms with E-state index in [-0.39, 0.29) is 17.4 Å². The van der Waals surface area contributed by atoms with Crippen LogP contribution in [0.25, 0.3) is 0 Å². The van der Waals surface area contributed by atoms with Crippen molar-refractivity contribution in [2.75, 3.05) is 33.4 Å². The number of rotatable bonds is 3. The molecule has 0 unspecified atom stereocenters. The molecular formula is C16H23NO4. The molecule has 0 spiro atoms. The zero-order valence-electron chi connectivity index (χ0n) is 12.8. The van der Waals surface area contributed by atoms with Crippen LogP contribution in [0.1, 0.15) is 35.6 Å². The first kappa shape index (κ1) is 14.6. The smallest absolute Gasteiger partial charge is 0.289 e. The quantitative estimate of drug-likeness (QED) is 0.857. The predicted molar refractivity (Wildman–Crippen MR) is 77.2 cm³/mol. The first-order valence-electron chi connectivity index (χ1n) is 7.61. The number of piperidine rings is 1. The Kier molecular flexibility index (Phi) is 4.04. The molecule has 5 nitrogen and oxygen atoms in total. The minimum Gasteiger partial charge on any atom is -0.456 e. The first-order chi connectivity index (χ1) is 10.1. The number of aryl methyl sites for hydroxylation is 1. The van der Waals surface area contributed by atoms with Gasteiger partial charge >= 0.3 is 0 Å². The van der Waals surface area contributed by atoms with Gasteiger partial charge in [-0.3, -0.25) is 4.79 Å². The Bertz CT molecular complexity index is 508. The van der Waals surface area contributed by atoms with Crippen molar-refractivity contribution < 1.29 is 18.7 Å². The van der Waals surface area contributed by atoms with Crippen molar-refractivity contribution in [3.63, 3.8) is 0 Å². The Hall–Kier alpha value is -1.33. The maximum Gasteiger partial charge on any atom is 0.289 e. The summed E-state index contributed by atoms with van der Waals surface area (Å²) in [6.07, 6.45) is 3.15. The van der Waals surface area contributed by atoms with E-state index >= 15 is 0 Å². The van der Waals surface area contributed by atoms with Crippen molar-refractivity contribution >= 4 is 5.91 Å². The standard InChI is InChI=1S/C16H23NO4/c1-12-4-5-13(21-12)15(18)17-8-6-14-16(10-17,11-19-2)7-3-9-20-14/h4-5,14H,3,6-11H2,1-2H3/t14-,16+/m1/s1. The largest absolute Gasteiger partial charge is 0.456 e. The molecular weight excluding hydrogens is 270 g/mol. The lowest BCUT2D eigenvalue weighted by Crippen LogP contribution is -2.58. The average molecular weight is 293 g/mol. The summed E-state index contributed by atoms with van der Waals surface area (Å²) in [5.41, 5.74) is -0.0669. The van der Waals surface area contributed by atoms with E-state index in [4.69, 9.17) is 13.9 Å². The molecule has 1 aromatic rings. The van der Waals surface area contributed by atoms with Crippen LogP contribution in [0.2, 0.25) is 0 Å². The number of carbonyl (C=O) groups excluding carboxylic acids is 1. The fourth-order valence-electron chi connectivity index (χ4n) is 3.67. The van der Waals surface area contributed by atoms with Gasteiger partial charge in [0.15, 0.2) is 5.76 Å². The Balaban J connectivity index is 1.78. The molecule has 1 amide bonds. The van der Waals surface area contributed by atoms with Gasteiger partial charge in [0.05, 0.1) is 12.7 Å². The van der Waals surface area contributed by atoms with E-state index in [0.717, 1.165) is 31.6 Å². The average Bonchev–Trinajstić information content (AvgIpc) is 2.92. The van der Waals surface area contributed by atoms with E-state index < -0.39 is 0 Å². The van der Waals surface area contributed by atoms with Crippen molar-refractivity contribution in [2.45, 2.75) is 32.3 Å². The Morgan fingerprint density at radius 3 is 3.10 bits per heavy atom. The number of methoxy groups -OCH3 is 1. The van der Waals surface area contributed by atoms with Gasteiger partial charge in [0.1, 0.15) is 5.76 Å². The Morgan fingerprint density at radius 2 is 2.38 bits per heavy atom. The highest BCUT2D eigenvalue weighted by Crippen LogP contribution is 2.40. The molecule has 5 heteroatoms. The van der Waals surface area contributed by atoms with Crippen molar-refractivity contribution in [3.05, 3.63) is 23.7 Å². The summed E-state index contributed by atoms with van der Waals surface area (Å²) >= 11 is 0. The Morgan fingerprint density at radius 1 is 1.52 bits per heavy atom. The fraction of sp³-hybridized carbons (Fsp3) is 0.688. The third-order valence-electron chi connectivity index (χ3n) is 4.66. The van der Waals surface area contributed by atoms with Gasteiger partial charge in [-0.1, -0.05) is 0 Å². The maximum atomic E-state index is 12.6. The lowest BCUT2D eigenvalue weighted by molar-refractivity contribution is -0.142. The number of amides is 1. The molecule has 2 fully saturated rings. The van der Waals surface area contributed by atoms with E-state index in [2.05, 4.69) is 0 Å². The van der Waals surface area contributed by atoms with Gasteiger partial charge in [-0.15, -0.1) is 0 Å². The van der Waals surface area contributed by atoms with Gasteiger partial charge in [-0.2, -0.15) is 0 Å². The topological polar surface area (TPSA) is 51.9 Å². The molecule has 3 heterocycles. The zero-order chi connectivity index (χ0) is 14.9. The first-order valence-corrected chi connectivity index (χ1v) is 7.61. The van der Waals surface area contributed by atoms with Gasteiger partial charge in [-0.05, 0) is 38.3 Å². The summed E-state index contributed by atoms with van der Waals surface area (Å²) in [6, 6.07) is 3.58. The number of furan rings is 1. The van der Waals surface area contributed by atoms with Crippen molar-refractivity contribution in [2.24, 2.45) is 5.41 Å². The minimum absolute atomic E-state index is 0.0254. The highest BCUT2D eigenvalue weighted by molar-refractivity contribution is 5.91. The van der Waals surface area contributed by atoms with Crippen LogP contribution in [0.3, 0.4) is 0 Å². The summed E-state index contributed by atoms with van der Waals surface area (Å²) in [5, 5.41) is 0. The number of hydrogen-bond acceptors (Lipinski definition) is 4. The van der Waals surface area contributed by atoms with Gasteiger partial charge in [-0.25, -0.2) is 0 Å². The minimum atomic E-state index is -0.0669. The fourth-order valence-corrected chi connectivity index (χ4v) is 3.67. The van der Waals surface area contributed by atoms with Crippen LogP contribution in [0, 0.1) is 12.3 Å². The lowest BCUT2D eigenvalue weighted by Gasteiger charge is -2.50. The second-order valence-electron chi connectivity index (χ2n) is 6.18. The SMILES string of the molecule is COC[C@@]12CCCO[C@@H]1CCN(C(=O)c1ccc(C)o1)C2. The molecule has 1 aromatic heterocycles. The van der Waals surface area contributed by atoms with E-state index in [1.54, 1.807) is 13.2 Å². The van der Waals surface area contributed by atoms with Crippen LogP contribution in [0.15, 0.2) is 16.5 Å². The summed E-state index contributed by atoms with van der Waals surface area (Å²) in [6.45, 7) is 4.71. The second kappa shape index (κ2) is 5.81. The molecule has 2 aliphatic heterocycles. The summed E-state index contributed by atoms with van der Waals surface area (Å²) in [4.78, 5) is 14.5. The van der Waals surface area contributed by atoms with Gasteiger partial charge < -0.3 is 18.8 Å². The zero-order valence-corrected chi connectivity index (χ0v) is 12.8. The van der Waals surface area contributed by atoms with Crippen LogP contribution >= 0.6 is 0 Å². The van der Waals surface area contributed by atoms with Crippen LogP contribution < -0.4 is 0 Å². The van der Waals surface area contributed by atoms with Crippen LogP contribution in [0.5, 0.6) is 0 Å². The molecule has 0 radical (unpaired) electrons. The van der Waals surface area contributed by atoms with Crippen molar-refractivity contribution in [3.8, 4) is 0 Å². The van der Waals surface area contributed by atoms with Crippen LogP contribution in [-0.2, 0) is 9.47 Å². The molecule has 2 atom stereocenters. The van der Waals surface area contributed by atoms with E-state index in [9.17, 15) is 4.79 Å². The number of fused-ring (bicyclic) bond motifs is 1. The normalized spacial score (nSPS) is 29.2. The Labute approximate surface area is 125 Å². The van der Waals surface area contributed by atoms with E-state index in [0.29, 0.717) is 25.5 Å². The number of likely N-dealkylation sites (tertiary alicyclic amines) is 1. The number of carbonyl (C=O) groups is 1. The molecule has 2 saturated heterocycles. The third kappa shape index (κ3) is 2.72. The predicted octanol–water partition coefficient (Wildman–Crippen LogP) is 2.25. The van der Waals surface area contributed by atoms with E-state index in [1.807, 2.05) is 17.9 Å². The highest BCUT2D eigenvalue weighted by Gasteiger charge is 2.47. The number of ether oxygens (including phenoxy) is 2. The monoisotopic (exact) mass is 293 g/mol. The molecule has 0 aromatic carbocycles. The molecule has 0 N–H and O–H groups in total.